The number of nitrogens with zero attached hydrogens (tertiary/aromatic N) is 1. The van der Waals surface area contributed by atoms with E-state index >= 15 is 0 Å². The number of rotatable bonds is 4. The molecule has 0 spiro atoms. The van der Waals surface area contributed by atoms with Gasteiger partial charge in [-0.2, -0.15) is 5.26 Å². The van der Waals surface area contributed by atoms with Crippen LogP contribution in [0.1, 0.15) is 51.5 Å². The van der Waals surface area contributed by atoms with E-state index in [2.05, 4.69) is 25.2 Å². The van der Waals surface area contributed by atoms with Crippen molar-refractivity contribution in [2.24, 2.45) is 11.8 Å². The highest BCUT2D eigenvalue weighted by Gasteiger charge is 2.23. The van der Waals surface area contributed by atoms with Crippen LogP contribution in [0.25, 0.3) is 0 Å². The summed E-state index contributed by atoms with van der Waals surface area (Å²) in [5, 5.41) is 13.4. The van der Waals surface area contributed by atoms with Crippen LogP contribution in [0.3, 0.4) is 0 Å². The molecule has 0 aliphatic heterocycles. The molecule has 2 rings (SSSR count). The molecule has 1 N–H and O–H groups in total. The first kappa shape index (κ1) is 15.2. The summed E-state index contributed by atoms with van der Waals surface area (Å²) in [4.78, 5) is 0. The highest BCUT2D eigenvalue weighted by atomic mass is 35.5. The lowest BCUT2D eigenvalue weighted by molar-refractivity contribution is 0.289. The Morgan fingerprint density at radius 3 is 2.90 bits per heavy atom. The van der Waals surface area contributed by atoms with Crippen molar-refractivity contribution in [1.29, 1.82) is 5.26 Å². The third-order valence-electron chi connectivity index (χ3n) is 4.05. The first-order chi connectivity index (χ1) is 9.58. The maximum Gasteiger partial charge on any atom is 0.101 e. The molecule has 1 aromatic rings. The van der Waals surface area contributed by atoms with Gasteiger partial charge in [-0.25, -0.2) is 0 Å². The standard InChI is InChI=1S/C17H23ClN2/c1-12(2)8-13-4-3-5-16(9-13)20-17-10-15(18)7-6-14(17)11-19/h6-7,10,12-13,16,20H,3-5,8-9H2,1-2H3. The number of halogens is 1. The highest BCUT2D eigenvalue weighted by Crippen LogP contribution is 2.32. The molecule has 1 saturated carbocycles. The van der Waals surface area contributed by atoms with Gasteiger partial charge in [-0.1, -0.05) is 38.3 Å². The maximum absolute atomic E-state index is 9.18. The van der Waals surface area contributed by atoms with E-state index in [1.54, 1.807) is 12.1 Å². The monoisotopic (exact) mass is 290 g/mol. The SMILES string of the molecule is CC(C)CC1CCCC(Nc2cc(Cl)ccc2C#N)C1. The molecule has 2 atom stereocenters. The van der Waals surface area contributed by atoms with Crippen LogP contribution in [0.5, 0.6) is 0 Å². The van der Waals surface area contributed by atoms with Crippen molar-refractivity contribution in [3.05, 3.63) is 28.8 Å². The zero-order valence-electron chi connectivity index (χ0n) is 12.3. The minimum atomic E-state index is 0.470. The first-order valence-corrected chi connectivity index (χ1v) is 7.92. The predicted octanol–water partition coefficient (Wildman–Crippen LogP) is 5.23. The molecule has 20 heavy (non-hydrogen) atoms. The Morgan fingerprint density at radius 1 is 1.40 bits per heavy atom. The van der Waals surface area contributed by atoms with Crippen LogP contribution < -0.4 is 5.32 Å². The summed E-state index contributed by atoms with van der Waals surface area (Å²) in [6.45, 7) is 4.59. The number of hydrogen-bond acceptors (Lipinski definition) is 2. The van der Waals surface area contributed by atoms with Gasteiger partial charge in [0.2, 0.25) is 0 Å². The van der Waals surface area contributed by atoms with Crippen LogP contribution in [0, 0.1) is 23.2 Å². The molecule has 0 amide bonds. The molecular weight excluding hydrogens is 268 g/mol. The van der Waals surface area contributed by atoms with Crippen LogP contribution in [-0.2, 0) is 0 Å². The molecule has 1 fully saturated rings. The van der Waals surface area contributed by atoms with Crippen molar-refractivity contribution in [2.75, 3.05) is 5.32 Å². The van der Waals surface area contributed by atoms with Crippen molar-refractivity contribution >= 4 is 17.3 Å². The molecular formula is C17H23ClN2. The van der Waals surface area contributed by atoms with Crippen LogP contribution in [-0.4, -0.2) is 6.04 Å². The molecule has 108 valence electrons. The molecule has 0 saturated heterocycles. The fourth-order valence-corrected chi connectivity index (χ4v) is 3.43. The van der Waals surface area contributed by atoms with Gasteiger partial charge >= 0.3 is 0 Å². The number of anilines is 1. The van der Waals surface area contributed by atoms with Gasteiger partial charge in [-0.3, -0.25) is 0 Å². The number of nitriles is 1. The van der Waals surface area contributed by atoms with Gasteiger partial charge in [0.05, 0.1) is 11.3 Å². The van der Waals surface area contributed by atoms with E-state index in [0.717, 1.165) is 17.5 Å². The maximum atomic E-state index is 9.18. The smallest absolute Gasteiger partial charge is 0.101 e. The third kappa shape index (κ3) is 4.15. The molecule has 3 heteroatoms. The second-order valence-corrected chi connectivity index (χ2v) is 6.74. The Kier molecular flexibility index (Phi) is 5.31. The summed E-state index contributed by atoms with van der Waals surface area (Å²) in [6, 6.07) is 8.13. The summed E-state index contributed by atoms with van der Waals surface area (Å²) in [7, 11) is 0. The summed E-state index contributed by atoms with van der Waals surface area (Å²) in [5.74, 6) is 1.57. The summed E-state index contributed by atoms with van der Waals surface area (Å²) < 4.78 is 0. The van der Waals surface area contributed by atoms with E-state index in [9.17, 15) is 5.26 Å². The van der Waals surface area contributed by atoms with Crippen LogP contribution in [0.2, 0.25) is 5.02 Å². The van der Waals surface area contributed by atoms with E-state index in [4.69, 9.17) is 11.6 Å². The fourth-order valence-electron chi connectivity index (χ4n) is 3.26. The number of nitrogens with one attached hydrogen (secondary N) is 1. The van der Waals surface area contributed by atoms with E-state index in [1.807, 2.05) is 6.07 Å². The zero-order valence-corrected chi connectivity index (χ0v) is 13.1. The van der Waals surface area contributed by atoms with Crippen molar-refractivity contribution in [2.45, 2.75) is 52.0 Å². The topological polar surface area (TPSA) is 35.8 Å². The summed E-state index contributed by atoms with van der Waals surface area (Å²) in [5.41, 5.74) is 1.57. The Bertz CT molecular complexity index is 490. The fraction of sp³-hybridized carbons (Fsp3) is 0.588. The third-order valence-corrected chi connectivity index (χ3v) is 4.28. The summed E-state index contributed by atoms with van der Waals surface area (Å²) in [6.07, 6.45) is 6.31. The second-order valence-electron chi connectivity index (χ2n) is 6.31. The molecule has 0 radical (unpaired) electrons. The van der Waals surface area contributed by atoms with Crippen LogP contribution in [0.4, 0.5) is 5.69 Å². The number of benzene rings is 1. The zero-order chi connectivity index (χ0) is 14.5. The average molecular weight is 291 g/mol. The Labute approximate surface area is 127 Å². The Hall–Kier alpha value is -1.20. The van der Waals surface area contributed by atoms with Gasteiger partial charge < -0.3 is 5.32 Å². The van der Waals surface area contributed by atoms with Gasteiger partial charge in [-0.15, -0.1) is 0 Å². The Balaban J connectivity index is 2.02. The van der Waals surface area contributed by atoms with E-state index in [-0.39, 0.29) is 0 Å². The van der Waals surface area contributed by atoms with Gasteiger partial charge in [0.1, 0.15) is 6.07 Å². The average Bonchev–Trinajstić information content (AvgIpc) is 2.38. The first-order valence-electron chi connectivity index (χ1n) is 7.54. The Morgan fingerprint density at radius 2 is 2.20 bits per heavy atom. The molecule has 1 aliphatic rings. The highest BCUT2D eigenvalue weighted by molar-refractivity contribution is 6.30. The van der Waals surface area contributed by atoms with Crippen molar-refractivity contribution in [3.8, 4) is 6.07 Å². The van der Waals surface area contributed by atoms with E-state index < -0.39 is 0 Å². The van der Waals surface area contributed by atoms with Crippen molar-refractivity contribution in [1.82, 2.24) is 0 Å². The van der Waals surface area contributed by atoms with Gasteiger partial charge in [-0.05, 0) is 49.3 Å². The molecule has 1 aliphatic carbocycles. The minimum Gasteiger partial charge on any atom is -0.381 e. The number of hydrogen-bond donors (Lipinski definition) is 1. The lowest BCUT2D eigenvalue weighted by Gasteiger charge is -2.31. The molecule has 0 bridgehead atoms. The van der Waals surface area contributed by atoms with Gasteiger partial charge in [0.15, 0.2) is 0 Å². The van der Waals surface area contributed by atoms with E-state index in [1.165, 1.54) is 32.1 Å². The molecule has 1 aromatic carbocycles. The second kappa shape index (κ2) is 6.99. The van der Waals surface area contributed by atoms with Crippen LogP contribution in [0.15, 0.2) is 18.2 Å². The van der Waals surface area contributed by atoms with Gasteiger partial charge in [0, 0.05) is 11.1 Å². The largest absolute Gasteiger partial charge is 0.381 e. The molecule has 2 unspecified atom stereocenters. The minimum absolute atomic E-state index is 0.470. The van der Waals surface area contributed by atoms with Crippen LogP contribution >= 0.6 is 11.6 Å². The molecule has 2 nitrogen and oxygen atoms in total. The quantitative estimate of drug-likeness (QED) is 0.824. The van der Waals surface area contributed by atoms with E-state index in [0.29, 0.717) is 16.6 Å². The lowest BCUT2D eigenvalue weighted by atomic mass is 9.81. The lowest BCUT2D eigenvalue weighted by Crippen LogP contribution is -2.28. The molecule has 0 heterocycles. The van der Waals surface area contributed by atoms with Gasteiger partial charge in [0.25, 0.3) is 0 Å². The van der Waals surface area contributed by atoms with Crippen molar-refractivity contribution < 1.29 is 0 Å². The normalized spacial score (nSPS) is 22.6. The summed E-state index contributed by atoms with van der Waals surface area (Å²) >= 11 is 6.04. The predicted molar refractivity (Wildman–Crippen MR) is 85.0 cm³/mol. The van der Waals surface area contributed by atoms with Crippen molar-refractivity contribution in [3.63, 3.8) is 0 Å². The molecule has 0 aromatic heterocycles.